The number of hydrogen-bond donors (Lipinski definition) is 2. The number of carboxylic acid groups (broad SMARTS) is 1. The highest BCUT2D eigenvalue weighted by atomic mass is 16.5. The molecule has 2 aromatic carbocycles. The predicted molar refractivity (Wildman–Crippen MR) is 83.2 cm³/mol. The first kappa shape index (κ1) is 14.9. The van der Waals surface area contributed by atoms with Gasteiger partial charge in [-0.3, -0.25) is 0 Å². The third-order valence-corrected chi connectivity index (χ3v) is 3.04. The Morgan fingerprint density at radius 2 is 1.95 bits per heavy atom. The van der Waals surface area contributed by atoms with Crippen molar-refractivity contribution in [3.8, 4) is 5.75 Å². The van der Waals surface area contributed by atoms with Gasteiger partial charge in [-0.15, -0.1) is 0 Å². The van der Waals surface area contributed by atoms with Gasteiger partial charge >= 0.3 is 5.97 Å². The van der Waals surface area contributed by atoms with Crippen LogP contribution in [-0.2, 0) is 0 Å². The Morgan fingerprint density at radius 3 is 2.62 bits per heavy atom. The summed E-state index contributed by atoms with van der Waals surface area (Å²) < 4.78 is 5.66. The Balaban J connectivity index is 1.69. The first-order valence-electron chi connectivity index (χ1n) is 6.92. The fraction of sp³-hybridized carbons (Fsp3) is 0.235. The van der Waals surface area contributed by atoms with Crippen LogP contribution in [0.15, 0.2) is 48.5 Å². The number of aryl methyl sites for hydroxylation is 1. The number of benzene rings is 2. The lowest BCUT2D eigenvalue weighted by Gasteiger charge is -2.09. The second-order valence-electron chi connectivity index (χ2n) is 4.83. The average molecular weight is 285 g/mol. The Morgan fingerprint density at radius 1 is 1.19 bits per heavy atom. The minimum atomic E-state index is -0.909. The smallest absolute Gasteiger partial charge is 0.335 e. The van der Waals surface area contributed by atoms with Gasteiger partial charge in [-0.2, -0.15) is 0 Å². The lowest BCUT2D eigenvalue weighted by Crippen LogP contribution is -2.07. The van der Waals surface area contributed by atoms with E-state index in [4.69, 9.17) is 9.84 Å². The van der Waals surface area contributed by atoms with E-state index in [0.29, 0.717) is 12.2 Å². The summed E-state index contributed by atoms with van der Waals surface area (Å²) in [7, 11) is 0. The zero-order valence-corrected chi connectivity index (χ0v) is 12.0. The molecule has 0 unspecified atom stereocenters. The molecular formula is C17H19NO3. The van der Waals surface area contributed by atoms with E-state index in [2.05, 4.69) is 5.32 Å². The summed E-state index contributed by atoms with van der Waals surface area (Å²) in [5.41, 5.74) is 2.39. The third-order valence-electron chi connectivity index (χ3n) is 3.04. The van der Waals surface area contributed by atoms with Gasteiger partial charge < -0.3 is 15.2 Å². The van der Waals surface area contributed by atoms with Crippen LogP contribution in [0.3, 0.4) is 0 Å². The molecule has 0 saturated heterocycles. The third kappa shape index (κ3) is 4.84. The van der Waals surface area contributed by atoms with Gasteiger partial charge in [0.05, 0.1) is 12.2 Å². The molecule has 0 saturated carbocycles. The number of anilines is 1. The molecule has 0 fully saturated rings. The maximum atomic E-state index is 10.7. The summed E-state index contributed by atoms with van der Waals surface area (Å²) in [5.74, 6) is -0.0195. The van der Waals surface area contributed by atoms with Gasteiger partial charge in [-0.1, -0.05) is 12.1 Å². The van der Waals surface area contributed by atoms with E-state index in [1.54, 1.807) is 24.3 Å². The SMILES string of the molecule is Cc1cccc(OCCCNc2ccc(C(=O)O)cc2)c1. The molecule has 0 amide bonds. The molecule has 0 aromatic heterocycles. The van der Waals surface area contributed by atoms with E-state index >= 15 is 0 Å². The number of hydrogen-bond acceptors (Lipinski definition) is 3. The van der Waals surface area contributed by atoms with E-state index in [1.807, 2.05) is 31.2 Å². The average Bonchev–Trinajstić information content (AvgIpc) is 2.47. The first-order valence-corrected chi connectivity index (χ1v) is 6.92. The quantitative estimate of drug-likeness (QED) is 0.763. The van der Waals surface area contributed by atoms with E-state index in [-0.39, 0.29) is 0 Å². The van der Waals surface area contributed by atoms with E-state index < -0.39 is 5.97 Å². The molecule has 0 spiro atoms. The number of carbonyl (C=O) groups is 1. The molecule has 110 valence electrons. The van der Waals surface area contributed by atoms with Crippen LogP contribution in [0.4, 0.5) is 5.69 Å². The van der Waals surface area contributed by atoms with Crippen LogP contribution in [-0.4, -0.2) is 24.2 Å². The zero-order chi connectivity index (χ0) is 15.1. The molecule has 0 atom stereocenters. The van der Waals surface area contributed by atoms with Crippen LogP contribution in [0.1, 0.15) is 22.3 Å². The van der Waals surface area contributed by atoms with Crippen molar-refractivity contribution in [2.75, 3.05) is 18.5 Å². The number of ether oxygens (including phenoxy) is 1. The van der Waals surface area contributed by atoms with Crippen molar-refractivity contribution < 1.29 is 14.6 Å². The molecule has 0 radical (unpaired) electrons. The Hall–Kier alpha value is -2.49. The van der Waals surface area contributed by atoms with Crippen molar-refractivity contribution in [2.24, 2.45) is 0 Å². The molecule has 0 aliphatic carbocycles. The molecule has 0 heterocycles. The van der Waals surface area contributed by atoms with E-state index in [1.165, 1.54) is 5.56 Å². The molecule has 0 aliphatic rings. The van der Waals surface area contributed by atoms with Crippen LogP contribution < -0.4 is 10.1 Å². The van der Waals surface area contributed by atoms with Gasteiger partial charge in [0.15, 0.2) is 0 Å². The Bertz CT molecular complexity index is 593. The van der Waals surface area contributed by atoms with Gasteiger partial charge in [0.1, 0.15) is 5.75 Å². The highest BCUT2D eigenvalue weighted by Gasteiger charge is 2.01. The van der Waals surface area contributed by atoms with E-state index in [0.717, 1.165) is 24.4 Å². The minimum absolute atomic E-state index is 0.295. The number of carboxylic acids is 1. The number of rotatable bonds is 7. The van der Waals surface area contributed by atoms with Crippen molar-refractivity contribution >= 4 is 11.7 Å². The summed E-state index contributed by atoms with van der Waals surface area (Å²) in [6.45, 7) is 3.46. The van der Waals surface area contributed by atoms with Crippen molar-refractivity contribution in [1.29, 1.82) is 0 Å². The summed E-state index contributed by atoms with van der Waals surface area (Å²) in [6.07, 6.45) is 0.870. The maximum Gasteiger partial charge on any atom is 0.335 e. The molecular weight excluding hydrogens is 266 g/mol. The molecule has 2 aromatic rings. The highest BCUT2D eigenvalue weighted by Crippen LogP contribution is 2.13. The molecule has 4 nitrogen and oxygen atoms in total. The zero-order valence-electron chi connectivity index (χ0n) is 12.0. The van der Waals surface area contributed by atoms with Crippen LogP contribution in [0.5, 0.6) is 5.75 Å². The van der Waals surface area contributed by atoms with Gasteiger partial charge in [-0.05, 0) is 55.3 Å². The minimum Gasteiger partial charge on any atom is -0.494 e. The second kappa shape index (κ2) is 7.33. The summed E-state index contributed by atoms with van der Waals surface area (Å²) >= 11 is 0. The Labute approximate surface area is 124 Å². The summed E-state index contributed by atoms with van der Waals surface area (Å²) in [5, 5.41) is 12.0. The fourth-order valence-corrected chi connectivity index (χ4v) is 1.93. The predicted octanol–water partition coefficient (Wildman–Crippen LogP) is 3.57. The monoisotopic (exact) mass is 285 g/mol. The van der Waals surface area contributed by atoms with Gasteiger partial charge in [-0.25, -0.2) is 4.79 Å². The first-order chi connectivity index (χ1) is 10.1. The lowest BCUT2D eigenvalue weighted by molar-refractivity contribution is 0.0697. The fourth-order valence-electron chi connectivity index (χ4n) is 1.93. The van der Waals surface area contributed by atoms with Crippen molar-refractivity contribution in [3.05, 3.63) is 59.7 Å². The van der Waals surface area contributed by atoms with Crippen LogP contribution in [0.2, 0.25) is 0 Å². The molecule has 21 heavy (non-hydrogen) atoms. The summed E-state index contributed by atoms with van der Waals surface area (Å²) in [4.78, 5) is 10.7. The number of nitrogens with one attached hydrogen (secondary N) is 1. The maximum absolute atomic E-state index is 10.7. The van der Waals surface area contributed by atoms with Gasteiger partial charge in [0.2, 0.25) is 0 Å². The lowest BCUT2D eigenvalue weighted by atomic mass is 10.2. The normalized spacial score (nSPS) is 10.1. The summed E-state index contributed by atoms with van der Waals surface area (Å²) in [6, 6.07) is 14.7. The standard InChI is InChI=1S/C17H19NO3/c1-13-4-2-5-16(12-13)21-11-3-10-18-15-8-6-14(7-9-15)17(19)20/h2,4-9,12,18H,3,10-11H2,1H3,(H,19,20). The van der Waals surface area contributed by atoms with Crippen molar-refractivity contribution in [2.45, 2.75) is 13.3 Å². The van der Waals surface area contributed by atoms with Gasteiger partial charge in [0, 0.05) is 12.2 Å². The largest absolute Gasteiger partial charge is 0.494 e. The van der Waals surface area contributed by atoms with E-state index in [9.17, 15) is 4.79 Å². The van der Waals surface area contributed by atoms with Crippen molar-refractivity contribution in [1.82, 2.24) is 0 Å². The van der Waals surface area contributed by atoms with Crippen molar-refractivity contribution in [3.63, 3.8) is 0 Å². The van der Waals surface area contributed by atoms with Crippen LogP contribution >= 0.6 is 0 Å². The Kier molecular flexibility index (Phi) is 5.21. The topological polar surface area (TPSA) is 58.6 Å². The second-order valence-corrected chi connectivity index (χ2v) is 4.83. The van der Waals surface area contributed by atoms with Crippen LogP contribution in [0, 0.1) is 6.92 Å². The highest BCUT2D eigenvalue weighted by molar-refractivity contribution is 5.87. The number of aromatic carboxylic acids is 1. The van der Waals surface area contributed by atoms with Gasteiger partial charge in [0.25, 0.3) is 0 Å². The van der Waals surface area contributed by atoms with Crippen LogP contribution in [0.25, 0.3) is 0 Å². The molecule has 2 N–H and O–H groups in total. The molecule has 2 rings (SSSR count). The molecule has 0 bridgehead atoms. The molecule has 4 heteroatoms. The molecule has 0 aliphatic heterocycles.